The molecular weight excluding hydrogens is 194 g/mol. The number of benzene rings is 1. The normalized spacial score (nSPS) is 11.0. The molecule has 0 saturated carbocycles. The van der Waals surface area contributed by atoms with Gasteiger partial charge in [0.25, 0.3) is 5.88 Å². The van der Waals surface area contributed by atoms with Gasteiger partial charge in [0.2, 0.25) is 0 Å². The van der Waals surface area contributed by atoms with Gasteiger partial charge in [-0.15, -0.1) is 0 Å². The summed E-state index contributed by atoms with van der Waals surface area (Å²) in [5.41, 5.74) is 0.771. The highest BCUT2D eigenvalue weighted by atomic mass is 17.1. The standard InChI is InChI=1S/C11H7NO3/c13-15-11-9-2-1-7-4-6-14-10(7)8(9)3-5-12-11/h1-6,13H. The van der Waals surface area contributed by atoms with Gasteiger partial charge in [-0.1, -0.05) is 6.07 Å². The molecular formula is C11H7NO3. The third-order valence-corrected chi connectivity index (χ3v) is 2.41. The van der Waals surface area contributed by atoms with Crippen molar-refractivity contribution in [3.8, 4) is 5.88 Å². The van der Waals surface area contributed by atoms with Gasteiger partial charge in [-0.3, -0.25) is 0 Å². The highest BCUT2D eigenvalue weighted by molar-refractivity contribution is 6.05. The lowest BCUT2D eigenvalue weighted by Crippen LogP contribution is -1.88. The average Bonchev–Trinajstić information content (AvgIpc) is 2.76. The smallest absolute Gasteiger partial charge is 0.263 e. The Labute approximate surface area is 84.6 Å². The molecule has 0 atom stereocenters. The van der Waals surface area contributed by atoms with E-state index in [0.717, 1.165) is 21.7 Å². The average molecular weight is 201 g/mol. The lowest BCUT2D eigenvalue weighted by atomic mass is 10.1. The number of fused-ring (bicyclic) bond motifs is 3. The van der Waals surface area contributed by atoms with Gasteiger partial charge in [0, 0.05) is 17.0 Å². The summed E-state index contributed by atoms with van der Waals surface area (Å²) in [6, 6.07) is 7.44. The number of aromatic nitrogens is 1. The molecule has 0 bridgehead atoms. The Balaban J connectivity index is 2.53. The number of furan rings is 1. The van der Waals surface area contributed by atoms with Crippen LogP contribution in [0.25, 0.3) is 21.7 Å². The highest BCUT2D eigenvalue weighted by Crippen LogP contribution is 2.30. The van der Waals surface area contributed by atoms with Crippen LogP contribution in [0.4, 0.5) is 0 Å². The fourth-order valence-corrected chi connectivity index (χ4v) is 1.73. The van der Waals surface area contributed by atoms with Crippen LogP contribution in [-0.2, 0) is 0 Å². The minimum absolute atomic E-state index is 0.186. The maximum atomic E-state index is 8.67. The predicted molar refractivity (Wildman–Crippen MR) is 54.8 cm³/mol. The maximum Gasteiger partial charge on any atom is 0.263 e. The van der Waals surface area contributed by atoms with E-state index in [9.17, 15) is 0 Å². The van der Waals surface area contributed by atoms with Crippen LogP contribution in [0.2, 0.25) is 0 Å². The van der Waals surface area contributed by atoms with E-state index >= 15 is 0 Å². The van der Waals surface area contributed by atoms with Crippen LogP contribution in [0.3, 0.4) is 0 Å². The third kappa shape index (κ3) is 1.08. The van der Waals surface area contributed by atoms with Gasteiger partial charge in [-0.25, -0.2) is 10.2 Å². The van der Waals surface area contributed by atoms with Gasteiger partial charge in [0.05, 0.1) is 11.6 Å². The molecule has 0 radical (unpaired) electrons. The van der Waals surface area contributed by atoms with Crippen molar-refractivity contribution in [3.63, 3.8) is 0 Å². The maximum absolute atomic E-state index is 8.67. The topological polar surface area (TPSA) is 55.5 Å². The van der Waals surface area contributed by atoms with Crippen molar-refractivity contribution in [2.75, 3.05) is 0 Å². The molecule has 0 aliphatic carbocycles. The van der Waals surface area contributed by atoms with Crippen molar-refractivity contribution in [3.05, 3.63) is 36.7 Å². The van der Waals surface area contributed by atoms with E-state index < -0.39 is 0 Å². The second kappa shape index (κ2) is 2.96. The molecule has 1 aromatic carbocycles. The van der Waals surface area contributed by atoms with Crippen molar-refractivity contribution >= 4 is 21.7 Å². The second-order valence-corrected chi connectivity index (χ2v) is 3.21. The number of rotatable bonds is 1. The Morgan fingerprint density at radius 2 is 2.07 bits per heavy atom. The van der Waals surface area contributed by atoms with E-state index in [2.05, 4.69) is 9.87 Å². The summed E-state index contributed by atoms with van der Waals surface area (Å²) in [6.07, 6.45) is 3.19. The first kappa shape index (κ1) is 8.26. The van der Waals surface area contributed by atoms with Gasteiger partial charge < -0.3 is 9.30 Å². The van der Waals surface area contributed by atoms with Crippen molar-refractivity contribution < 1.29 is 14.6 Å². The number of nitrogens with zero attached hydrogens (tertiary/aromatic N) is 1. The molecule has 2 heterocycles. The molecule has 15 heavy (non-hydrogen) atoms. The summed E-state index contributed by atoms with van der Waals surface area (Å²) >= 11 is 0. The lowest BCUT2D eigenvalue weighted by Gasteiger charge is -2.01. The molecule has 0 aliphatic heterocycles. The Bertz CT molecular complexity index is 630. The number of hydrogen-bond acceptors (Lipinski definition) is 4. The molecule has 4 nitrogen and oxygen atoms in total. The van der Waals surface area contributed by atoms with Crippen molar-refractivity contribution in [1.82, 2.24) is 4.98 Å². The molecule has 2 aromatic heterocycles. The Morgan fingerprint density at radius 3 is 2.93 bits per heavy atom. The Hall–Kier alpha value is -2.07. The van der Waals surface area contributed by atoms with E-state index in [-0.39, 0.29) is 5.88 Å². The first-order valence-electron chi connectivity index (χ1n) is 4.46. The summed E-state index contributed by atoms with van der Waals surface area (Å²) in [5.74, 6) is 0.186. The van der Waals surface area contributed by atoms with Gasteiger partial charge in [0.15, 0.2) is 0 Å². The minimum atomic E-state index is 0.186. The molecule has 3 rings (SSSR count). The first-order valence-corrected chi connectivity index (χ1v) is 4.46. The van der Waals surface area contributed by atoms with Gasteiger partial charge in [-0.2, -0.15) is 0 Å². The summed E-state index contributed by atoms with van der Waals surface area (Å²) in [7, 11) is 0. The van der Waals surface area contributed by atoms with Crippen LogP contribution in [0.1, 0.15) is 0 Å². The Morgan fingerprint density at radius 1 is 1.13 bits per heavy atom. The molecule has 1 N–H and O–H groups in total. The fourth-order valence-electron chi connectivity index (χ4n) is 1.73. The molecule has 3 aromatic rings. The Kier molecular flexibility index (Phi) is 1.63. The van der Waals surface area contributed by atoms with E-state index in [1.54, 1.807) is 12.5 Å². The molecule has 0 saturated heterocycles. The molecule has 4 heteroatoms. The van der Waals surface area contributed by atoms with Crippen LogP contribution in [0.5, 0.6) is 5.88 Å². The van der Waals surface area contributed by atoms with E-state index in [4.69, 9.17) is 9.67 Å². The zero-order valence-electron chi connectivity index (χ0n) is 7.68. The molecule has 74 valence electrons. The molecule has 0 amide bonds. The van der Waals surface area contributed by atoms with Crippen molar-refractivity contribution in [1.29, 1.82) is 0 Å². The van der Waals surface area contributed by atoms with E-state index in [0.29, 0.717) is 0 Å². The summed E-state index contributed by atoms with van der Waals surface area (Å²) in [5, 5.41) is 11.3. The quantitative estimate of drug-likeness (QED) is 0.485. The second-order valence-electron chi connectivity index (χ2n) is 3.21. The fraction of sp³-hybridized carbons (Fsp3) is 0. The van der Waals surface area contributed by atoms with Crippen LogP contribution < -0.4 is 4.89 Å². The predicted octanol–water partition coefficient (Wildman–Crippen LogP) is 2.83. The molecule has 0 unspecified atom stereocenters. The van der Waals surface area contributed by atoms with Crippen molar-refractivity contribution in [2.24, 2.45) is 0 Å². The van der Waals surface area contributed by atoms with Gasteiger partial charge >= 0.3 is 0 Å². The number of pyridine rings is 1. The van der Waals surface area contributed by atoms with Crippen LogP contribution in [0, 0.1) is 0 Å². The van der Waals surface area contributed by atoms with Gasteiger partial charge in [-0.05, 0) is 18.2 Å². The zero-order chi connectivity index (χ0) is 10.3. The molecule has 0 fully saturated rings. The largest absolute Gasteiger partial charge is 0.464 e. The minimum Gasteiger partial charge on any atom is -0.464 e. The van der Waals surface area contributed by atoms with Crippen molar-refractivity contribution in [2.45, 2.75) is 0 Å². The van der Waals surface area contributed by atoms with Crippen LogP contribution in [0.15, 0.2) is 41.1 Å². The SMILES string of the molecule is OOc1nccc2c1ccc1ccoc12. The van der Waals surface area contributed by atoms with Crippen LogP contribution in [-0.4, -0.2) is 10.2 Å². The number of hydrogen-bond donors (Lipinski definition) is 1. The highest BCUT2D eigenvalue weighted by Gasteiger charge is 2.08. The third-order valence-electron chi connectivity index (χ3n) is 2.41. The van der Waals surface area contributed by atoms with Crippen LogP contribution >= 0.6 is 0 Å². The zero-order valence-corrected chi connectivity index (χ0v) is 7.68. The molecule has 0 spiro atoms. The lowest BCUT2D eigenvalue weighted by molar-refractivity contribution is -0.140. The first-order chi connectivity index (χ1) is 7.40. The summed E-state index contributed by atoms with van der Waals surface area (Å²) in [6.45, 7) is 0. The van der Waals surface area contributed by atoms with E-state index in [1.165, 1.54) is 0 Å². The van der Waals surface area contributed by atoms with Gasteiger partial charge in [0.1, 0.15) is 5.58 Å². The van der Waals surface area contributed by atoms with E-state index in [1.807, 2.05) is 24.3 Å². The molecule has 0 aliphatic rings. The monoisotopic (exact) mass is 201 g/mol. The summed E-state index contributed by atoms with van der Waals surface area (Å²) < 4.78 is 5.37. The summed E-state index contributed by atoms with van der Waals surface area (Å²) in [4.78, 5) is 8.10.